The van der Waals surface area contributed by atoms with Crippen LogP contribution in [0.4, 0.5) is 0 Å². The maximum Gasteiger partial charge on any atom is 0.164 e. The van der Waals surface area contributed by atoms with E-state index in [0.29, 0.717) is 17.5 Å². The molecule has 2 heterocycles. The zero-order chi connectivity index (χ0) is 38.7. The predicted molar refractivity (Wildman–Crippen MR) is 239 cm³/mol. The molecule has 0 aliphatic heterocycles. The molecule has 0 N–H and O–H groups in total. The van der Waals surface area contributed by atoms with Gasteiger partial charge in [0.2, 0.25) is 0 Å². The Labute approximate surface area is 337 Å². The summed E-state index contributed by atoms with van der Waals surface area (Å²) in [5.74, 6) is 1.83. The van der Waals surface area contributed by atoms with Crippen LogP contribution >= 0.6 is 0 Å². The van der Waals surface area contributed by atoms with Gasteiger partial charge in [-0.3, -0.25) is 4.98 Å². The van der Waals surface area contributed by atoms with Gasteiger partial charge in [-0.05, 0) is 109 Å². The zero-order valence-electron chi connectivity index (χ0n) is 31.6. The van der Waals surface area contributed by atoms with E-state index >= 15 is 0 Å². The molecule has 4 nitrogen and oxygen atoms in total. The minimum Gasteiger partial charge on any atom is -0.265 e. The lowest BCUT2D eigenvalue weighted by atomic mass is 9.94. The Bertz CT molecular complexity index is 2900. The molecule has 58 heavy (non-hydrogen) atoms. The van der Waals surface area contributed by atoms with Gasteiger partial charge in [-0.15, -0.1) is 0 Å². The minimum absolute atomic E-state index is 0.602. The number of rotatable bonds is 8. The highest BCUT2D eigenvalue weighted by atomic mass is 15.0. The van der Waals surface area contributed by atoms with Gasteiger partial charge < -0.3 is 0 Å². The molecule has 0 bridgehead atoms. The van der Waals surface area contributed by atoms with Crippen LogP contribution in [0.1, 0.15) is 0 Å². The summed E-state index contributed by atoms with van der Waals surface area (Å²) in [5.41, 5.74) is 14.0. The van der Waals surface area contributed by atoms with Crippen molar-refractivity contribution in [3.8, 4) is 89.8 Å². The van der Waals surface area contributed by atoms with Gasteiger partial charge in [-0.25, -0.2) is 15.0 Å². The smallest absolute Gasteiger partial charge is 0.164 e. The maximum atomic E-state index is 5.19. The monoisotopic (exact) mass is 740 g/mol. The number of hydrogen-bond donors (Lipinski definition) is 0. The van der Waals surface area contributed by atoms with Crippen molar-refractivity contribution in [2.45, 2.75) is 0 Å². The molecule has 2 aromatic heterocycles. The lowest BCUT2D eigenvalue weighted by Crippen LogP contribution is -2.00. The second-order valence-electron chi connectivity index (χ2n) is 14.4. The Balaban J connectivity index is 1.10. The number of hydrogen-bond acceptors (Lipinski definition) is 4. The summed E-state index contributed by atoms with van der Waals surface area (Å²) in [4.78, 5) is 19.8. The highest BCUT2D eigenvalue weighted by Crippen LogP contribution is 2.36. The normalized spacial score (nSPS) is 11.1. The Hall–Kier alpha value is -7.82. The molecule has 0 saturated heterocycles. The van der Waals surface area contributed by atoms with Gasteiger partial charge in [0.15, 0.2) is 17.5 Å². The molecule has 0 spiro atoms. The van der Waals surface area contributed by atoms with E-state index in [1.54, 1.807) is 0 Å². The highest BCUT2D eigenvalue weighted by Gasteiger charge is 2.16. The first kappa shape index (κ1) is 34.7. The Morgan fingerprint density at radius 2 is 0.517 bits per heavy atom. The molecule has 0 radical (unpaired) electrons. The van der Waals surface area contributed by atoms with Crippen molar-refractivity contribution in [3.63, 3.8) is 0 Å². The van der Waals surface area contributed by atoms with Crippen molar-refractivity contribution in [3.05, 3.63) is 219 Å². The predicted octanol–water partition coefficient (Wildman–Crippen LogP) is 13.8. The average molecular weight is 741 g/mol. The number of pyridine rings is 1. The molecule has 0 amide bonds. The third-order valence-corrected chi connectivity index (χ3v) is 10.6. The fraction of sp³-hybridized carbons (Fsp3) is 0. The lowest BCUT2D eigenvalue weighted by molar-refractivity contribution is 1.07. The van der Waals surface area contributed by atoms with Crippen molar-refractivity contribution in [1.29, 1.82) is 0 Å². The summed E-state index contributed by atoms with van der Waals surface area (Å²) in [5, 5.41) is 2.37. The van der Waals surface area contributed by atoms with Gasteiger partial charge in [-0.2, -0.15) is 0 Å². The fourth-order valence-corrected chi connectivity index (χ4v) is 7.52. The molecule has 8 aromatic carbocycles. The Kier molecular flexibility index (Phi) is 9.18. The summed E-state index contributed by atoms with van der Waals surface area (Å²) in [6.07, 6.45) is 3.67. The SMILES string of the molecule is c1ccc(-c2ccc(-c3nc(-c4ccc(-c5ccccc5)cc4)nc(-c4cc(-c5ccncc5)cc(-c5ccc6cc(-c7ccccc7)ccc6c5)c4)n3)cc2)cc1. The number of fused-ring (bicyclic) bond motifs is 1. The molecule has 0 aliphatic rings. The molecular weight excluding hydrogens is 705 g/mol. The van der Waals surface area contributed by atoms with Crippen molar-refractivity contribution in [1.82, 2.24) is 19.9 Å². The molecule has 10 aromatic rings. The van der Waals surface area contributed by atoms with Gasteiger partial charge >= 0.3 is 0 Å². The van der Waals surface area contributed by atoms with Crippen molar-refractivity contribution >= 4 is 10.8 Å². The third kappa shape index (κ3) is 7.18. The molecule has 272 valence electrons. The number of nitrogens with zero attached hydrogens (tertiary/aromatic N) is 4. The molecular formula is C54H36N4. The molecule has 10 rings (SSSR count). The number of benzene rings is 8. The van der Waals surface area contributed by atoms with E-state index in [4.69, 9.17) is 15.0 Å². The van der Waals surface area contributed by atoms with Crippen LogP contribution in [0.5, 0.6) is 0 Å². The summed E-state index contributed by atoms with van der Waals surface area (Å²) in [6, 6.07) is 72.3. The molecule has 0 aliphatic carbocycles. The van der Waals surface area contributed by atoms with Crippen LogP contribution in [0, 0.1) is 0 Å². The average Bonchev–Trinajstić information content (AvgIpc) is 3.32. The van der Waals surface area contributed by atoms with E-state index < -0.39 is 0 Å². The largest absolute Gasteiger partial charge is 0.265 e. The molecule has 0 atom stereocenters. The van der Waals surface area contributed by atoms with Crippen LogP contribution in [0.3, 0.4) is 0 Å². The summed E-state index contributed by atoms with van der Waals surface area (Å²) >= 11 is 0. The second-order valence-corrected chi connectivity index (χ2v) is 14.4. The van der Waals surface area contributed by atoms with Gasteiger partial charge in [0.05, 0.1) is 0 Å². The van der Waals surface area contributed by atoms with Gasteiger partial charge in [-0.1, -0.05) is 164 Å². The van der Waals surface area contributed by atoms with Crippen LogP contribution in [0.25, 0.3) is 101 Å². The van der Waals surface area contributed by atoms with Crippen molar-refractivity contribution < 1.29 is 0 Å². The van der Waals surface area contributed by atoms with Crippen molar-refractivity contribution in [2.24, 2.45) is 0 Å². The molecule has 0 saturated carbocycles. The second kappa shape index (κ2) is 15.4. The van der Waals surface area contributed by atoms with Gasteiger partial charge in [0.1, 0.15) is 0 Å². The first-order chi connectivity index (χ1) is 28.7. The molecule has 0 unspecified atom stereocenters. The van der Waals surface area contributed by atoms with Crippen LogP contribution < -0.4 is 0 Å². The Morgan fingerprint density at radius 1 is 0.207 bits per heavy atom. The standard InChI is InChI=1S/C54H36N4/c1-4-10-37(11-5-1)40-16-20-43(21-17-40)52-56-53(44-22-18-41(19-23-44)38-12-6-2-7-13-38)58-54(57-52)51-35-49(42-28-30-55-31-29-42)34-50(36-51)48-27-26-46-32-45(24-25-47(46)33-48)39-14-8-3-9-15-39/h1-36H. The number of aromatic nitrogens is 4. The van der Waals surface area contributed by atoms with E-state index in [9.17, 15) is 0 Å². The van der Waals surface area contributed by atoms with Crippen LogP contribution in [-0.2, 0) is 0 Å². The van der Waals surface area contributed by atoms with Crippen LogP contribution in [0.2, 0.25) is 0 Å². The van der Waals surface area contributed by atoms with Gasteiger partial charge in [0.25, 0.3) is 0 Å². The van der Waals surface area contributed by atoms with Crippen molar-refractivity contribution in [2.75, 3.05) is 0 Å². The first-order valence-electron chi connectivity index (χ1n) is 19.4. The third-order valence-electron chi connectivity index (χ3n) is 10.6. The summed E-state index contributed by atoms with van der Waals surface area (Å²) in [7, 11) is 0. The van der Waals surface area contributed by atoms with E-state index in [-0.39, 0.29) is 0 Å². The quantitative estimate of drug-likeness (QED) is 0.156. The van der Waals surface area contributed by atoms with E-state index in [1.807, 2.05) is 36.7 Å². The maximum absolute atomic E-state index is 5.19. The molecule has 4 heteroatoms. The lowest BCUT2D eigenvalue weighted by Gasteiger charge is -2.13. The topological polar surface area (TPSA) is 51.6 Å². The van der Waals surface area contributed by atoms with E-state index in [1.165, 1.54) is 21.9 Å². The Morgan fingerprint density at radius 3 is 0.983 bits per heavy atom. The van der Waals surface area contributed by atoms with Gasteiger partial charge in [0, 0.05) is 29.1 Å². The fourth-order valence-electron chi connectivity index (χ4n) is 7.52. The minimum atomic E-state index is 0.602. The first-order valence-corrected chi connectivity index (χ1v) is 19.4. The molecule has 0 fully saturated rings. The highest BCUT2D eigenvalue weighted by molar-refractivity contribution is 5.92. The van der Waals surface area contributed by atoms with E-state index in [2.05, 4.69) is 187 Å². The van der Waals surface area contributed by atoms with Crippen LogP contribution in [0.15, 0.2) is 219 Å². The summed E-state index contributed by atoms with van der Waals surface area (Å²) in [6.45, 7) is 0. The van der Waals surface area contributed by atoms with Crippen LogP contribution in [-0.4, -0.2) is 19.9 Å². The zero-order valence-corrected chi connectivity index (χ0v) is 31.6. The summed E-state index contributed by atoms with van der Waals surface area (Å²) < 4.78 is 0. The van der Waals surface area contributed by atoms with E-state index in [0.717, 1.165) is 61.2 Å².